The molecule has 0 saturated carbocycles. The second-order valence-corrected chi connectivity index (χ2v) is 9.33. The first-order chi connectivity index (χ1) is 12.3. The quantitative estimate of drug-likeness (QED) is 0.607. The number of furan rings is 1. The van der Waals surface area contributed by atoms with E-state index in [4.69, 9.17) is 4.42 Å². The topological polar surface area (TPSA) is 137 Å². The van der Waals surface area contributed by atoms with Gasteiger partial charge in [-0.15, -0.1) is 0 Å². The van der Waals surface area contributed by atoms with Crippen molar-refractivity contribution in [1.82, 2.24) is 9.78 Å². The van der Waals surface area contributed by atoms with E-state index < -0.39 is 26.6 Å². The number of carbonyl (C=O) groups is 1. The van der Waals surface area contributed by atoms with Gasteiger partial charge in [-0.1, -0.05) is 0 Å². The zero-order valence-electron chi connectivity index (χ0n) is 13.4. The summed E-state index contributed by atoms with van der Waals surface area (Å²) in [5, 5.41) is 17.9. The van der Waals surface area contributed by atoms with Gasteiger partial charge in [0.05, 0.1) is 29.3 Å². The van der Waals surface area contributed by atoms with Crippen molar-refractivity contribution in [2.45, 2.75) is 24.0 Å². The third kappa shape index (κ3) is 2.98. The Morgan fingerprint density at radius 2 is 2.23 bits per heavy atom. The average Bonchev–Trinajstić information content (AvgIpc) is 3.31. The maximum Gasteiger partial charge on any atom is 0.433 e. The number of hydrogen-bond acceptors (Lipinski definition) is 8. The van der Waals surface area contributed by atoms with Gasteiger partial charge < -0.3 is 9.73 Å². The number of nitrogens with zero attached hydrogens (tertiary/aromatic N) is 3. The van der Waals surface area contributed by atoms with Crippen molar-refractivity contribution in [2.24, 2.45) is 0 Å². The number of sulfone groups is 1. The lowest BCUT2D eigenvalue weighted by molar-refractivity contribution is -0.402. The fourth-order valence-electron chi connectivity index (χ4n) is 3.11. The van der Waals surface area contributed by atoms with Crippen molar-refractivity contribution in [2.75, 3.05) is 16.8 Å². The van der Waals surface area contributed by atoms with Crippen LogP contribution in [0.1, 0.15) is 34.3 Å². The van der Waals surface area contributed by atoms with Crippen molar-refractivity contribution in [3.8, 4) is 0 Å². The summed E-state index contributed by atoms with van der Waals surface area (Å²) < 4.78 is 30.1. The summed E-state index contributed by atoms with van der Waals surface area (Å²) in [6.07, 6.45) is 0.436. The Hall–Kier alpha value is -2.34. The predicted octanol–water partition coefficient (Wildman–Crippen LogP) is 1.74. The number of nitro groups is 1. The van der Waals surface area contributed by atoms with Crippen molar-refractivity contribution >= 4 is 39.2 Å². The standard InChI is InChI=1S/C14H14N4O6S2/c19-14(11-1-2-12(24-11)18(20)21)15-13-9-5-25-6-10(9)16-17(13)8-3-4-26(22,23)7-8/h1-2,8H,3-7H2,(H,15,19). The zero-order valence-corrected chi connectivity index (χ0v) is 15.0. The third-order valence-corrected chi connectivity index (χ3v) is 7.08. The van der Waals surface area contributed by atoms with Gasteiger partial charge >= 0.3 is 5.88 Å². The molecule has 26 heavy (non-hydrogen) atoms. The highest BCUT2D eigenvalue weighted by atomic mass is 32.2. The fourth-order valence-corrected chi connectivity index (χ4v) is 5.84. The molecule has 2 aliphatic heterocycles. The summed E-state index contributed by atoms with van der Waals surface area (Å²) in [5.41, 5.74) is 1.67. The summed E-state index contributed by atoms with van der Waals surface area (Å²) in [5.74, 6) is 0.509. The maximum atomic E-state index is 12.4. The lowest BCUT2D eigenvalue weighted by atomic mass is 10.2. The van der Waals surface area contributed by atoms with E-state index >= 15 is 0 Å². The van der Waals surface area contributed by atoms with E-state index in [-0.39, 0.29) is 23.3 Å². The number of nitrogens with one attached hydrogen (secondary N) is 1. The number of amides is 1. The number of anilines is 1. The molecule has 138 valence electrons. The Kier molecular flexibility index (Phi) is 4.03. The molecule has 1 N–H and O–H groups in total. The van der Waals surface area contributed by atoms with Crippen LogP contribution in [-0.2, 0) is 21.3 Å². The molecule has 0 aliphatic carbocycles. The highest BCUT2D eigenvalue weighted by molar-refractivity contribution is 7.98. The van der Waals surface area contributed by atoms with E-state index in [1.165, 1.54) is 6.07 Å². The van der Waals surface area contributed by atoms with Gasteiger partial charge in [-0.2, -0.15) is 16.9 Å². The molecule has 10 nitrogen and oxygen atoms in total. The third-order valence-electron chi connectivity index (χ3n) is 4.36. The first kappa shape index (κ1) is 17.1. The Morgan fingerprint density at radius 3 is 2.88 bits per heavy atom. The molecule has 1 amide bonds. The van der Waals surface area contributed by atoms with Crippen LogP contribution in [0.2, 0.25) is 0 Å². The predicted molar refractivity (Wildman–Crippen MR) is 92.8 cm³/mol. The summed E-state index contributed by atoms with van der Waals surface area (Å²) in [4.78, 5) is 22.4. The van der Waals surface area contributed by atoms with Gasteiger partial charge in [0.2, 0.25) is 0 Å². The Labute approximate surface area is 152 Å². The van der Waals surface area contributed by atoms with Crippen LogP contribution in [0, 0.1) is 10.1 Å². The van der Waals surface area contributed by atoms with E-state index in [0.29, 0.717) is 23.7 Å². The average molecular weight is 398 g/mol. The smallest absolute Gasteiger partial charge is 0.395 e. The van der Waals surface area contributed by atoms with Crippen LogP contribution in [-0.4, -0.2) is 40.5 Å². The number of hydrogen-bond donors (Lipinski definition) is 1. The minimum Gasteiger partial charge on any atom is -0.395 e. The largest absolute Gasteiger partial charge is 0.433 e. The van der Waals surface area contributed by atoms with Crippen molar-refractivity contribution in [1.29, 1.82) is 0 Å². The van der Waals surface area contributed by atoms with Crippen molar-refractivity contribution in [3.63, 3.8) is 0 Å². The van der Waals surface area contributed by atoms with Crippen LogP contribution in [0.3, 0.4) is 0 Å². The Morgan fingerprint density at radius 1 is 1.42 bits per heavy atom. The van der Waals surface area contributed by atoms with Crippen molar-refractivity contribution in [3.05, 3.63) is 39.3 Å². The van der Waals surface area contributed by atoms with Crippen LogP contribution in [0.5, 0.6) is 0 Å². The second kappa shape index (κ2) is 6.13. The maximum absolute atomic E-state index is 12.4. The van der Waals surface area contributed by atoms with E-state index in [2.05, 4.69) is 10.4 Å². The summed E-state index contributed by atoms with van der Waals surface area (Å²) in [6, 6.07) is 2.00. The molecule has 2 aromatic rings. The first-order valence-electron chi connectivity index (χ1n) is 7.78. The number of carbonyl (C=O) groups excluding carboxylic acids is 1. The lowest BCUT2D eigenvalue weighted by Gasteiger charge is -2.14. The Balaban J connectivity index is 1.65. The highest BCUT2D eigenvalue weighted by Crippen LogP contribution is 2.38. The molecule has 1 atom stereocenters. The van der Waals surface area contributed by atoms with Gasteiger partial charge in [0.25, 0.3) is 5.91 Å². The second-order valence-electron chi connectivity index (χ2n) is 6.12. The number of rotatable bonds is 4. The van der Waals surface area contributed by atoms with Gasteiger partial charge in [-0.05, 0) is 12.5 Å². The molecule has 4 heterocycles. The van der Waals surface area contributed by atoms with Gasteiger partial charge in [0.1, 0.15) is 10.7 Å². The molecule has 0 spiro atoms. The van der Waals surface area contributed by atoms with Gasteiger partial charge in [0.15, 0.2) is 15.6 Å². The summed E-state index contributed by atoms with van der Waals surface area (Å²) >= 11 is 1.65. The highest BCUT2D eigenvalue weighted by Gasteiger charge is 2.34. The van der Waals surface area contributed by atoms with Gasteiger partial charge in [-0.3, -0.25) is 14.9 Å². The summed E-state index contributed by atoms with van der Waals surface area (Å²) in [7, 11) is -3.11. The minimum atomic E-state index is -3.11. The molecular formula is C14H14N4O6S2. The number of thioether (sulfide) groups is 1. The fraction of sp³-hybridized carbons (Fsp3) is 0.429. The molecule has 1 fully saturated rings. The summed E-state index contributed by atoms with van der Waals surface area (Å²) in [6.45, 7) is 0. The lowest BCUT2D eigenvalue weighted by Crippen LogP contribution is -2.20. The molecule has 2 aromatic heterocycles. The van der Waals surface area contributed by atoms with Crippen LogP contribution < -0.4 is 5.32 Å². The van der Waals surface area contributed by atoms with Crippen LogP contribution in [0.15, 0.2) is 16.5 Å². The molecule has 2 aliphatic rings. The van der Waals surface area contributed by atoms with Crippen LogP contribution >= 0.6 is 11.8 Å². The monoisotopic (exact) mass is 398 g/mol. The molecule has 0 bridgehead atoms. The molecule has 1 saturated heterocycles. The van der Waals surface area contributed by atoms with E-state index in [1.54, 1.807) is 16.4 Å². The van der Waals surface area contributed by atoms with Gasteiger partial charge in [-0.25, -0.2) is 13.1 Å². The number of fused-ring (bicyclic) bond motifs is 1. The van der Waals surface area contributed by atoms with Crippen molar-refractivity contribution < 1.29 is 22.6 Å². The normalized spacial score (nSPS) is 20.8. The first-order valence-corrected chi connectivity index (χ1v) is 10.8. The molecule has 1 unspecified atom stereocenters. The van der Waals surface area contributed by atoms with E-state index in [0.717, 1.165) is 17.3 Å². The van der Waals surface area contributed by atoms with Crippen LogP contribution in [0.4, 0.5) is 11.7 Å². The van der Waals surface area contributed by atoms with Gasteiger partial charge in [0, 0.05) is 17.1 Å². The molecular weight excluding hydrogens is 384 g/mol. The van der Waals surface area contributed by atoms with E-state index in [9.17, 15) is 23.3 Å². The minimum absolute atomic E-state index is 0.0181. The van der Waals surface area contributed by atoms with E-state index in [1.807, 2.05) is 0 Å². The van der Waals surface area contributed by atoms with Crippen LogP contribution in [0.25, 0.3) is 0 Å². The zero-order chi connectivity index (χ0) is 18.5. The molecule has 0 radical (unpaired) electrons. The number of aromatic nitrogens is 2. The molecule has 12 heteroatoms. The SMILES string of the molecule is O=C(Nc1c2c(nn1C1CCS(=O)(=O)C1)CSC2)c1ccc([N+](=O)[O-])o1. The molecule has 0 aromatic carbocycles. The molecule has 4 rings (SSSR count). The Bertz CT molecular complexity index is 1010.